The average molecular weight is 301 g/mol. The van der Waals surface area contributed by atoms with E-state index in [1.165, 1.54) is 15.4 Å². The maximum atomic E-state index is 5.17. The van der Waals surface area contributed by atoms with Gasteiger partial charge in [-0.2, -0.15) is 0 Å². The fourth-order valence-corrected chi connectivity index (χ4v) is 2.64. The lowest BCUT2D eigenvalue weighted by Gasteiger charge is -2.20. The molecule has 0 aliphatic rings. The number of benzene rings is 2. The summed E-state index contributed by atoms with van der Waals surface area (Å²) in [7, 11) is 1.69. The molecule has 0 amide bonds. The molecule has 0 heterocycles. The van der Waals surface area contributed by atoms with Gasteiger partial charge in [-0.05, 0) is 62.7 Å². The van der Waals surface area contributed by atoms with E-state index in [0.29, 0.717) is 0 Å². The fourth-order valence-electron chi connectivity index (χ4n) is 1.82. The molecule has 21 heavy (non-hydrogen) atoms. The summed E-state index contributed by atoms with van der Waals surface area (Å²) in [4.78, 5) is 2.47. The highest BCUT2D eigenvalue weighted by molar-refractivity contribution is 7.99. The third-order valence-corrected chi connectivity index (χ3v) is 4.06. The minimum atomic E-state index is 0.149. The van der Waals surface area contributed by atoms with Gasteiger partial charge in [0.1, 0.15) is 5.75 Å². The van der Waals surface area contributed by atoms with Gasteiger partial charge in [-0.3, -0.25) is 0 Å². The Morgan fingerprint density at radius 1 is 0.905 bits per heavy atom. The molecule has 0 saturated carbocycles. The van der Waals surface area contributed by atoms with E-state index < -0.39 is 0 Å². The molecule has 0 bridgehead atoms. The lowest BCUT2D eigenvalue weighted by atomic mass is 10.1. The summed E-state index contributed by atoms with van der Waals surface area (Å²) in [5, 5.41) is 3.50. The molecule has 0 fully saturated rings. The Kier molecular flexibility index (Phi) is 5.32. The molecule has 0 atom stereocenters. The van der Waals surface area contributed by atoms with Crippen LogP contribution in [0.1, 0.15) is 26.3 Å². The molecule has 0 aliphatic carbocycles. The third-order valence-electron chi connectivity index (χ3n) is 3.04. The first-order valence-corrected chi connectivity index (χ1v) is 7.94. The summed E-state index contributed by atoms with van der Waals surface area (Å²) in [5.41, 5.74) is 1.46. The van der Waals surface area contributed by atoms with Crippen molar-refractivity contribution in [1.29, 1.82) is 0 Å². The van der Waals surface area contributed by atoms with Crippen LogP contribution in [0.3, 0.4) is 0 Å². The van der Waals surface area contributed by atoms with Gasteiger partial charge in [0, 0.05) is 21.9 Å². The van der Waals surface area contributed by atoms with Gasteiger partial charge >= 0.3 is 0 Å². The zero-order valence-electron chi connectivity index (χ0n) is 13.1. The molecule has 0 saturated heterocycles. The van der Waals surface area contributed by atoms with E-state index >= 15 is 0 Å². The summed E-state index contributed by atoms with van der Waals surface area (Å²) in [6, 6.07) is 16.9. The van der Waals surface area contributed by atoms with Crippen LogP contribution in [0.25, 0.3) is 0 Å². The molecule has 0 unspecified atom stereocenters. The molecule has 3 heteroatoms. The van der Waals surface area contributed by atoms with Crippen LogP contribution < -0.4 is 10.1 Å². The lowest BCUT2D eigenvalue weighted by molar-refractivity contribution is 0.414. The summed E-state index contributed by atoms with van der Waals surface area (Å²) in [6.45, 7) is 7.44. The van der Waals surface area contributed by atoms with Gasteiger partial charge in [-0.15, -0.1) is 0 Å². The molecule has 0 aliphatic heterocycles. The predicted octanol–water partition coefficient (Wildman–Crippen LogP) is 4.73. The van der Waals surface area contributed by atoms with Crippen molar-refractivity contribution >= 4 is 11.8 Å². The standard InChI is InChI=1S/C18H23NOS/c1-18(2,3)19-13-14-5-9-16(10-6-14)21-17-11-7-15(20-4)8-12-17/h5-12,19H,13H2,1-4H3. The summed E-state index contributed by atoms with van der Waals surface area (Å²) in [5.74, 6) is 0.892. The number of methoxy groups -OCH3 is 1. The number of nitrogens with one attached hydrogen (secondary N) is 1. The lowest BCUT2D eigenvalue weighted by Crippen LogP contribution is -2.35. The van der Waals surface area contributed by atoms with Gasteiger partial charge in [0.2, 0.25) is 0 Å². The maximum absolute atomic E-state index is 5.17. The molecule has 1 N–H and O–H groups in total. The first kappa shape index (κ1) is 15.9. The minimum Gasteiger partial charge on any atom is -0.497 e. The van der Waals surface area contributed by atoms with Crippen LogP contribution in [0.15, 0.2) is 58.3 Å². The van der Waals surface area contributed by atoms with Crippen molar-refractivity contribution in [3.63, 3.8) is 0 Å². The van der Waals surface area contributed by atoms with Crippen molar-refractivity contribution in [3.05, 3.63) is 54.1 Å². The zero-order chi connectivity index (χ0) is 15.3. The SMILES string of the molecule is COc1ccc(Sc2ccc(CNC(C)(C)C)cc2)cc1. The largest absolute Gasteiger partial charge is 0.497 e. The van der Waals surface area contributed by atoms with Gasteiger partial charge in [-0.25, -0.2) is 0 Å². The van der Waals surface area contributed by atoms with E-state index in [0.717, 1.165) is 12.3 Å². The molecule has 2 aromatic rings. The number of rotatable bonds is 5. The smallest absolute Gasteiger partial charge is 0.118 e. The Morgan fingerprint density at radius 3 is 1.90 bits per heavy atom. The minimum absolute atomic E-state index is 0.149. The Balaban J connectivity index is 1.95. The van der Waals surface area contributed by atoms with Crippen LogP contribution in [-0.4, -0.2) is 12.6 Å². The van der Waals surface area contributed by atoms with Crippen molar-refractivity contribution in [2.75, 3.05) is 7.11 Å². The van der Waals surface area contributed by atoms with Crippen molar-refractivity contribution in [2.24, 2.45) is 0 Å². The van der Waals surface area contributed by atoms with E-state index in [2.05, 4.69) is 62.5 Å². The van der Waals surface area contributed by atoms with Crippen molar-refractivity contribution in [2.45, 2.75) is 42.6 Å². The molecule has 2 rings (SSSR count). The average Bonchev–Trinajstić information content (AvgIpc) is 2.46. The van der Waals surface area contributed by atoms with Gasteiger partial charge in [-0.1, -0.05) is 23.9 Å². The maximum Gasteiger partial charge on any atom is 0.118 e. The first-order chi connectivity index (χ1) is 9.96. The Labute approximate surface area is 131 Å². The Hall–Kier alpha value is -1.45. The third kappa shape index (κ3) is 5.44. The molecule has 0 aromatic heterocycles. The summed E-state index contributed by atoms with van der Waals surface area (Å²) >= 11 is 1.76. The first-order valence-electron chi connectivity index (χ1n) is 7.12. The van der Waals surface area contributed by atoms with Crippen molar-refractivity contribution in [3.8, 4) is 5.75 Å². The molecule has 0 spiro atoms. The Morgan fingerprint density at radius 2 is 1.43 bits per heavy atom. The van der Waals surface area contributed by atoms with Gasteiger partial charge in [0.05, 0.1) is 7.11 Å². The second-order valence-electron chi connectivity index (χ2n) is 6.03. The van der Waals surface area contributed by atoms with Crippen molar-refractivity contribution in [1.82, 2.24) is 5.32 Å². The number of ether oxygens (including phenoxy) is 1. The Bertz CT molecular complexity index is 555. The van der Waals surface area contributed by atoms with Crippen molar-refractivity contribution < 1.29 is 4.74 Å². The molecule has 2 aromatic carbocycles. The van der Waals surface area contributed by atoms with Crippen LogP contribution in [0.4, 0.5) is 0 Å². The second-order valence-corrected chi connectivity index (χ2v) is 7.17. The topological polar surface area (TPSA) is 21.3 Å². The van der Waals surface area contributed by atoms with Crippen LogP contribution in [0.5, 0.6) is 5.75 Å². The summed E-state index contributed by atoms with van der Waals surface area (Å²) < 4.78 is 5.17. The normalized spacial score (nSPS) is 11.4. The van der Waals surface area contributed by atoms with E-state index in [1.807, 2.05) is 12.1 Å². The molecule has 0 radical (unpaired) electrons. The van der Waals surface area contributed by atoms with Crippen LogP contribution in [0, 0.1) is 0 Å². The van der Waals surface area contributed by atoms with Gasteiger partial charge < -0.3 is 10.1 Å². The van der Waals surface area contributed by atoms with Gasteiger partial charge in [0.25, 0.3) is 0 Å². The zero-order valence-corrected chi connectivity index (χ0v) is 14.0. The van der Waals surface area contributed by atoms with E-state index in [9.17, 15) is 0 Å². The van der Waals surface area contributed by atoms with Crippen LogP contribution in [0.2, 0.25) is 0 Å². The van der Waals surface area contributed by atoms with E-state index in [-0.39, 0.29) is 5.54 Å². The number of hydrogen-bond donors (Lipinski definition) is 1. The predicted molar refractivity (Wildman–Crippen MR) is 90.2 cm³/mol. The fraction of sp³-hybridized carbons (Fsp3) is 0.333. The van der Waals surface area contributed by atoms with E-state index in [4.69, 9.17) is 4.74 Å². The van der Waals surface area contributed by atoms with E-state index in [1.54, 1.807) is 18.9 Å². The number of hydrogen-bond acceptors (Lipinski definition) is 3. The highest BCUT2D eigenvalue weighted by Gasteiger charge is 2.08. The monoisotopic (exact) mass is 301 g/mol. The highest BCUT2D eigenvalue weighted by atomic mass is 32.2. The molecule has 112 valence electrons. The van der Waals surface area contributed by atoms with Crippen LogP contribution >= 0.6 is 11.8 Å². The second kappa shape index (κ2) is 7.01. The van der Waals surface area contributed by atoms with Crippen LogP contribution in [-0.2, 0) is 6.54 Å². The summed E-state index contributed by atoms with van der Waals surface area (Å²) in [6.07, 6.45) is 0. The highest BCUT2D eigenvalue weighted by Crippen LogP contribution is 2.29. The molecular formula is C18H23NOS. The molecular weight excluding hydrogens is 278 g/mol. The van der Waals surface area contributed by atoms with Gasteiger partial charge in [0.15, 0.2) is 0 Å². The molecule has 2 nitrogen and oxygen atoms in total. The quantitative estimate of drug-likeness (QED) is 0.862.